The summed E-state index contributed by atoms with van der Waals surface area (Å²) in [7, 11) is -4.33. The summed E-state index contributed by atoms with van der Waals surface area (Å²) in [6, 6.07) is 25.8. The summed E-state index contributed by atoms with van der Waals surface area (Å²) >= 11 is 19.3. The summed E-state index contributed by atoms with van der Waals surface area (Å²) in [5.74, 6) is -1.02. The van der Waals surface area contributed by atoms with E-state index < -0.39 is 28.5 Å². The molecule has 0 saturated carbocycles. The van der Waals surface area contributed by atoms with Gasteiger partial charge in [0.05, 0.1) is 15.6 Å². The molecule has 1 N–H and O–H groups in total. The summed E-state index contributed by atoms with van der Waals surface area (Å²) in [5.41, 5.74) is 2.31. The number of nitrogens with zero attached hydrogens (tertiary/aromatic N) is 2. The quantitative estimate of drug-likeness (QED) is 0.169. The van der Waals surface area contributed by atoms with E-state index >= 15 is 0 Å². The fraction of sp³-hybridized carbons (Fsp3) is 0.235. The third kappa shape index (κ3) is 8.79. The van der Waals surface area contributed by atoms with Gasteiger partial charge in [-0.2, -0.15) is 0 Å². The van der Waals surface area contributed by atoms with E-state index in [1.165, 1.54) is 35.2 Å². The molecule has 0 aliphatic rings. The van der Waals surface area contributed by atoms with Gasteiger partial charge in [0.2, 0.25) is 11.8 Å². The second-order valence-corrected chi connectivity index (χ2v) is 14.0. The van der Waals surface area contributed by atoms with E-state index in [0.29, 0.717) is 10.6 Å². The van der Waals surface area contributed by atoms with Crippen LogP contribution >= 0.6 is 34.8 Å². The monoisotopic (exact) mass is 685 g/mol. The smallest absolute Gasteiger partial charge is 0.264 e. The minimum atomic E-state index is -4.33. The summed E-state index contributed by atoms with van der Waals surface area (Å²) < 4.78 is 29.3. The molecule has 4 aromatic rings. The number of nitrogens with one attached hydrogen (secondary N) is 1. The van der Waals surface area contributed by atoms with E-state index in [1.807, 2.05) is 51.1 Å². The van der Waals surface area contributed by atoms with Gasteiger partial charge >= 0.3 is 0 Å². The number of hydrogen-bond acceptors (Lipinski definition) is 4. The summed E-state index contributed by atoms with van der Waals surface area (Å²) in [5, 5.41) is 3.64. The van der Waals surface area contributed by atoms with E-state index in [9.17, 15) is 18.0 Å². The van der Waals surface area contributed by atoms with Crippen molar-refractivity contribution in [2.24, 2.45) is 0 Å². The highest BCUT2D eigenvalue weighted by molar-refractivity contribution is 7.92. The molecule has 2 amide bonds. The minimum Gasteiger partial charge on any atom is -0.352 e. The number of benzene rings is 4. The van der Waals surface area contributed by atoms with Crippen LogP contribution in [0.25, 0.3) is 0 Å². The van der Waals surface area contributed by atoms with Crippen molar-refractivity contribution in [3.05, 3.63) is 129 Å². The fourth-order valence-electron chi connectivity index (χ4n) is 4.77. The molecule has 4 aromatic carbocycles. The highest BCUT2D eigenvalue weighted by Gasteiger charge is 2.35. The highest BCUT2D eigenvalue weighted by Crippen LogP contribution is 2.33. The normalized spacial score (nSPS) is 12.1. The van der Waals surface area contributed by atoms with Crippen molar-refractivity contribution in [2.75, 3.05) is 10.8 Å². The SMILES string of the molecule is Cc1ccc(S(=O)(=O)N(CC(=O)N(Cc2ccccc2Cl)C(Cc2ccccc2)C(=O)NC(C)C)c2cc(Cl)ccc2Cl)cc1. The maximum atomic E-state index is 14.5. The Morgan fingerprint density at radius 3 is 2.11 bits per heavy atom. The van der Waals surface area contributed by atoms with Gasteiger partial charge in [0, 0.05) is 29.1 Å². The van der Waals surface area contributed by atoms with Crippen molar-refractivity contribution in [1.29, 1.82) is 0 Å². The largest absolute Gasteiger partial charge is 0.352 e. The first-order valence-electron chi connectivity index (χ1n) is 14.3. The molecule has 0 fully saturated rings. The Morgan fingerprint density at radius 2 is 1.47 bits per heavy atom. The molecule has 0 spiro atoms. The first-order valence-corrected chi connectivity index (χ1v) is 16.9. The van der Waals surface area contributed by atoms with Crippen LogP contribution in [0.3, 0.4) is 0 Å². The van der Waals surface area contributed by atoms with Crippen LogP contribution in [0, 0.1) is 6.92 Å². The van der Waals surface area contributed by atoms with Crippen molar-refractivity contribution in [3.63, 3.8) is 0 Å². The Hall–Kier alpha value is -3.56. The van der Waals surface area contributed by atoms with E-state index in [0.717, 1.165) is 15.4 Å². The summed E-state index contributed by atoms with van der Waals surface area (Å²) in [6.07, 6.45) is 0.179. The van der Waals surface area contributed by atoms with Gasteiger partial charge in [0.15, 0.2) is 0 Å². The lowest BCUT2D eigenvalue weighted by molar-refractivity contribution is -0.140. The summed E-state index contributed by atoms with van der Waals surface area (Å²) in [6.45, 7) is 4.78. The van der Waals surface area contributed by atoms with Crippen molar-refractivity contribution in [2.45, 2.75) is 50.7 Å². The fourth-order valence-corrected chi connectivity index (χ4v) is 6.83. The Labute approximate surface area is 279 Å². The van der Waals surface area contributed by atoms with Gasteiger partial charge in [-0.3, -0.25) is 13.9 Å². The van der Waals surface area contributed by atoms with Crippen molar-refractivity contribution < 1.29 is 18.0 Å². The number of rotatable bonds is 12. The number of aryl methyl sites for hydroxylation is 1. The predicted molar refractivity (Wildman–Crippen MR) is 181 cm³/mol. The molecule has 0 heterocycles. The molecule has 1 atom stereocenters. The van der Waals surface area contributed by atoms with Gasteiger partial charge in [0.25, 0.3) is 10.0 Å². The Bertz CT molecular complexity index is 1750. The number of carbonyl (C=O) groups excluding carboxylic acids is 2. The minimum absolute atomic E-state index is 0.0297. The van der Waals surface area contributed by atoms with Crippen molar-refractivity contribution in [3.8, 4) is 0 Å². The lowest BCUT2D eigenvalue weighted by Gasteiger charge is -2.34. The molecule has 236 valence electrons. The molecule has 7 nitrogen and oxygen atoms in total. The maximum Gasteiger partial charge on any atom is 0.264 e. The van der Waals surface area contributed by atoms with Gasteiger partial charge in [-0.05, 0) is 68.3 Å². The first kappa shape index (κ1) is 34.3. The van der Waals surface area contributed by atoms with Crippen LogP contribution in [0.2, 0.25) is 15.1 Å². The van der Waals surface area contributed by atoms with E-state index in [1.54, 1.807) is 36.4 Å². The molecule has 1 unspecified atom stereocenters. The molecule has 0 aliphatic heterocycles. The zero-order valence-electron chi connectivity index (χ0n) is 25.1. The third-order valence-electron chi connectivity index (χ3n) is 7.07. The van der Waals surface area contributed by atoms with Gasteiger partial charge in [0.1, 0.15) is 12.6 Å². The topological polar surface area (TPSA) is 86.8 Å². The second-order valence-electron chi connectivity index (χ2n) is 10.9. The molecule has 11 heteroatoms. The molecular formula is C34H34Cl3N3O4S. The lowest BCUT2D eigenvalue weighted by atomic mass is 10.0. The molecule has 45 heavy (non-hydrogen) atoms. The maximum absolute atomic E-state index is 14.5. The van der Waals surface area contributed by atoms with Crippen LogP contribution in [-0.4, -0.2) is 43.8 Å². The first-order chi connectivity index (χ1) is 21.4. The van der Waals surface area contributed by atoms with Gasteiger partial charge in [-0.15, -0.1) is 0 Å². The van der Waals surface area contributed by atoms with Crippen molar-refractivity contribution in [1.82, 2.24) is 10.2 Å². The molecule has 4 rings (SSSR count). The number of hydrogen-bond donors (Lipinski definition) is 1. The van der Waals surface area contributed by atoms with Gasteiger partial charge in [-0.1, -0.05) is 101 Å². The number of carbonyl (C=O) groups is 2. The highest BCUT2D eigenvalue weighted by atomic mass is 35.5. The molecular weight excluding hydrogens is 653 g/mol. The molecule has 0 saturated heterocycles. The number of halogens is 3. The molecule has 0 radical (unpaired) electrons. The standard InChI is InChI=1S/C34H34Cl3N3O4S/c1-23(2)38-34(42)32(19-25-9-5-4-6-10-25)39(21-26-11-7-8-12-29(26)36)33(41)22-40(31-20-27(35)15-18-30(31)37)45(43,44)28-16-13-24(3)14-17-28/h4-18,20,23,32H,19,21-22H2,1-3H3,(H,38,42). The number of amides is 2. The lowest BCUT2D eigenvalue weighted by Crippen LogP contribution is -2.54. The predicted octanol–water partition coefficient (Wildman–Crippen LogP) is 7.32. The van der Waals surface area contributed by atoms with E-state index in [-0.39, 0.29) is 45.5 Å². The van der Waals surface area contributed by atoms with Crippen LogP contribution in [0.5, 0.6) is 0 Å². The molecule has 0 aliphatic carbocycles. The molecule has 0 aromatic heterocycles. The van der Waals surface area contributed by atoms with Crippen molar-refractivity contribution >= 4 is 62.3 Å². The van der Waals surface area contributed by atoms with Crippen LogP contribution in [0.1, 0.15) is 30.5 Å². The van der Waals surface area contributed by atoms with Crippen LogP contribution in [0.15, 0.2) is 102 Å². The van der Waals surface area contributed by atoms with E-state index in [4.69, 9.17) is 34.8 Å². The Balaban J connectivity index is 1.84. The Kier molecular flexibility index (Phi) is 11.6. The van der Waals surface area contributed by atoms with E-state index in [2.05, 4.69) is 5.32 Å². The summed E-state index contributed by atoms with van der Waals surface area (Å²) in [4.78, 5) is 29.6. The number of anilines is 1. The zero-order chi connectivity index (χ0) is 32.7. The van der Waals surface area contributed by atoms with Crippen LogP contribution < -0.4 is 9.62 Å². The zero-order valence-corrected chi connectivity index (χ0v) is 28.2. The Morgan fingerprint density at radius 1 is 0.822 bits per heavy atom. The third-order valence-corrected chi connectivity index (χ3v) is 9.76. The molecule has 0 bridgehead atoms. The average Bonchev–Trinajstić information content (AvgIpc) is 3.00. The van der Waals surface area contributed by atoms with Gasteiger partial charge < -0.3 is 10.2 Å². The van der Waals surface area contributed by atoms with Crippen LogP contribution in [-0.2, 0) is 32.6 Å². The van der Waals surface area contributed by atoms with Crippen LogP contribution in [0.4, 0.5) is 5.69 Å². The second kappa shape index (κ2) is 15.1. The van der Waals surface area contributed by atoms with Gasteiger partial charge in [-0.25, -0.2) is 8.42 Å². The number of sulfonamides is 1. The average molecular weight is 687 g/mol.